The van der Waals surface area contributed by atoms with Crippen LogP contribution < -0.4 is 14.7 Å². The Hall–Kier alpha value is -5.30. The van der Waals surface area contributed by atoms with E-state index in [0.29, 0.717) is 47.4 Å². The highest BCUT2D eigenvalue weighted by Crippen LogP contribution is 2.64. The maximum atomic E-state index is 15.2. The molecule has 4 amide bonds. The number of rotatable bonds is 5. The lowest BCUT2D eigenvalue weighted by molar-refractivity contribution is -0.131. The molecule has 5 aliphatic rings. The van der Waals surface area contributed by atoms with Crippen LogP contribution in [0.3, 0.4) is 0 Å². The minimum atomic E-state index is -1.23. The van der Waals surface area contributed by atoms with E-state index >= 15 is 4.79 Å². The van der Waals surface area contributed by atoms with Crippen LogP contribution in [-0.2, 0) is 31.0 Å². The van der Waals surface area contributed by atoms with Crippen LogP contribution in [0.5, 0.6) is 5.75 Å². The summed E-state index contributed by atoms with van der Waals surface area (Å²) in [6.07, 6.45) is 2.63. The number of benzene rings is 3. The summed E-state index contributed by atoms with van der Waals surface area (Å²) in [7, 11) is 1.74. The van der Waals surface area contributed by atoms with Crippen LogP contribution in [0.25, 0.3) is 20.7 Å². The first-order chi connectivity index (χ1) is 27.9. The van der Waals surface area contributed by atoms with Gasteiger partial charge < -0.3 is 14.7 Å². The monoisotopic (exact) mass is 815 g/mol. The Morgan fingerprint density at radius 1 is 0.879 bits per heavy atom. The number of halogens is 1. The van der Waals surface area contributed by atoms with Crippen molar-refractivity contribution in [2.45, 2.75) is 39.5 Å². The molecule has 11 nitrogen and oxygen atoms in total. The van der Waals surface area contributed by atoms with Gasteiger partial charge in [0.15, 0.2) is 0 Å². The maximum absolute atomic E-state index is 15.2. The van der Waals surface area contributed by atoms with E-state index in [4.69, 9.17) is 21.4 Å². The molecule has 3 saturated heterocycles. The zero-order valence-corrected chi connectivity index (χ0v) is 34.1. The minimum Gasteiger partial charge on any atom is -0.508 e. The molecule has 3 aromatic carbocycles. The number of carbonyl (C=O) groups excluding carboxylic acids is 4. The summed E-state index contributed by atoms with van der Waals surface area (Å²) >= 11 is 7.92. The Kier molecular flexibility index (Phi) is 8.53. The first-order valence-corrected chi connectivity index (χ1v) is 21.0. The highest BCUT2D eigenvalue weighted by atomic mass is 35.5. The van der Waals surface area contributed by atoms with E-state index in [2.05, 4.69) is 11.0 Å². The lowest BCUT2D eigenvalue weighted by atomic mass is 9.51. The van der Waals surface area contributed by atoms with E-state index in [1.54, 1.807) is 42.1 Å². The van der Waals surface area contributed by atoms with Gasteiger partial charge >= 0.3 is 0 Å². The van der Waals surface area contributed by atoms with E-state index < -0.39 is 35.0 Å². The Labute approximate surface area is 344 Å². The fourth-order valence-corrected chi connectivity index (χ4v) is 11.9. The number of hydrogen-bond donors (Lipinski definition) is 1. The topological polar surface area (TPSA) is 125 Å². The summed E-state index contributed by atoms with van der Waals surface area (Å²) in [5, 5.41) is 17.1. The molecular weight excluding hydrogens is 774 g/mol. The third-order valence-corrected chi connectivity index (χ3v) is 15.1. The molecular formula is C45H42ClN5O6S. The molecule has 2 aromatic heterocycles. The van der Waals surface area contributed by atoms with E-state index in [-0.39, 0.29) is 35.8 Å². The van der Waals surface area contributed by atoms with Crippen LogP contribution >= 0.6 is 22.9 Å². The molecule has 13 heteroatoms. The number of phenolic OH excluding ortho intramolecular Hbond substituents is 1. The van der Waals surface area contributed by atoms with E-state index in [1.807, 2.05) is 68.4 Å². The van der Waals surface area contributed by atoms with Gasteiger partial charge in [0.05, 0.1) is 46.9 Å². The summed E-state index contributed by atoms with van der Waals surface area (Å²) in [6.45, 7) is 8.52. The number of aryl methyl sites for hydroxylation is 3. The van der Waals surface area contributed by atoms with Crippen LogP contribution in [0.4, 0.5) is 17.2 Å². The van der Waals surface area contributed by atoms with Crippen LogP contribution in [0, 0.1) is 42.9 Å². The molecule has 296 valence electrons. The number of fused-ring (bicyclic) bond motifs is 5. The van der Waals surface area contributed by atoms with Crippen molar-refractivity contribution in [3.05, 3.63) is 100 Å². The average molecular weight is 816 g/mol. The van der Waals surface area contributed by atoms with Crippen LogP contribution in [0.1, 0.15) is 42.4 Å². The number of carbonyl (C=O) groups is 4. The van der Waals surface area contributed by atoms with Gasteiger partial charge in [0.2, 0.25) is 23.6 Å². The summed E-state index contributed by atoms with van der Waals surface area (Å²) < 4.78 is 8.15. The second-order valence-electron chi connectivity index (χ2n) is 16.5. The highest BCUT2D eigenvalue weighted by Gasteiger charge is 2.68. The summed E-state index contributed by atoms with van der Waals surface area (Å²) in [4.78, 5) is 64.8. The van der Waals surface area contributed by atoms with Gasteiger partial charge in [0, 0.05) is 47.5 Å². The fraction of sp³-hybridized carbons (Fsp3) is 0.356. The second kappa shape index (κ2) is 13.4. The molecule has 2 aliphatic carbocycles. The predicted octanol–water partition coefficient (Wildman–Crippen LogP) is 7.55. The number of anilines is 3. The van der Waals surface area contributed by atoms with Crippen molar-refractivity contribution in [3.8, 4) is 16.3 Å². The maximum Gasteiger partial charge on any atom is 0.242 e. The zero-order chi connectivity index (χ0) is 40.4. The first kappa shape index (κ1) is 37.0. The molecule has 1 N–H and O–H groups in total. The lowest BCUT2D eigenvalue weighted by Gasteiger charge is -2.49. The number of ether oxygens (including phenoxy) is 1. The van der Waals surface area contributed by atoms with Gasteiger partial charge in [-0.1, -0.05) is 35.4 Å². The normalized spacial score (nSPS) is 27.0. The zero-order valence-electron chi connectivity index (χ0n) is 32.6. The van der Waals surface area contributed by atoms with Crippen LogP contribution in [0.2, 0.25) is 5.02 Å². The Morgan fingerprint density at radius 2 is 1.62 bits per heavy atom. The van der Waals surface area contributed by atoms with Gasteiger partial charge in [-0.3, -0.25) is 28.8 Å². The van der Waals surface area contributed by atoms with Crippen molar-refractivity contribution in [2.75, 3.05) is 41.0 Å². The summed E-state index contributed by atoms with van der Waals surface area (Å²) in [6, 6.07) is 20.4. The number of imide groups is 2. The number of nitrogens with zero attached hydrogens (tertiary/aromatic N) is 5. The Bertz CT molecular complexity index is 2630. The molecule has 5 aromatic rings. The Balaban J connectivity index is 1.03. The molecule has 0 spiro atoms. The standard InChI is InChI=1S/C45H42ClN5O6S/c1-23-19-25(5-13-35(23)52)39-29-11-12-30-38(43(55)50(41(30)53)28-9-7-27(8-10-28)49-15-17-57-18-16-49)32(29)21-33-42(54)51(44(56)45(33,39)3)37-22-34(47-48(37)4)40-24(2)31-20-26(46)6-14-36(31)58-40/h5-11,13-14,19-20,22,30,32-33,38-39,52H,12,15-18,21H2,1-4H3. The van der Waals surface area contributed by atoms with E-state index in [9.17, 15) is 19.5 Å². The van der Waals surface area contributed by atoms with Crippen molar-refractivity contribution in [3.63, 3.8) is 0 Å². The quantitative estimate of drug-likeness (QED) is 0.143. The molecule has 3 aliphatic heterocycles. The van der Waals surface area contributed by atoms with E-state index in [0.717, 1.165) is 50.4 Å². The van der Waals surface area contributed by atoms with Gasteiger partial charge in [-0.15, -0.1) is 11.3 Å². The lowest BCUT2D eigenvalue weighted by Crippen LogP contribution is -2.49. The number of phenols is 1. The highest BCUT2D eigenvalue weighted by molar-refractivity contribution is 7.22. The second-order valence-corrected chi connectivity index (χ2v) is 18.0. The van der Waals surface area contributed by atoms with Gasteiger partial charge in [-0.25, -0.2) is 4.90 Å². The van der Waals surface area contributed by atoms with Crippen molar-refractivity contribution in [1.82, 2.24) is 9.78 Å². The number of aromatic hydroxyl groups is 1. The first-order valence-electron chi connectivity index (χ1n) is 19.8. The number of hydrogen-bond acceptors (Lipinski definition) is 9. The van der Waals surface area contributed by atoms with Crippen molar-refractivity contribution in [2.24, 2.45) is 36.1 Å². The molecule has 6 unspecified atom stereocenters. The third kappa shape index (κ3) is 5.30. The minimum absolute atomic E-state index is 0.124. The molecule has 4 fully saturated rings. The predicted molar refractivity (Wildman–Crippen MR) is 223 cm³/mol. The van der Waals surface area contributed by atoms with Crippen molar-refractivity contribution >= 4 is 73.8 Å². The number of morpholine rings is 1. The average Bonchev–Trinajstić information content (AvgIpc) is 3.89. The summed E-state index contributed by atoms with van der Waals surface area (Å²) in [5.74, 6) is -3.86. The smallest absolute Gasteiger partial charge is 0.242 e. The molecule has 10 rings (SSSR count). The molecule has 6 atom stereocenters. The number of aromatic nitrogens is 2. The van der Waals surface area contributed by atoms with Gasteiger partial charge in [-0.2, -0.15) is 5.10 Å². The summed E-state index contributed by atoms with van der Waals surface area (Å²) in [5.41, 5.74) is 4.26. The van der Waals surface area contributed by atoms with Crippen molar-refractivity contribution in [1.29, 1.82) is 0 Å². The number of thiophene rings is 1. The molecule has 1 saturated carbocycles. The van der Waals surface area contributed by atoms with Gasteiger partial charge in [0.25, 0.3) is 0 Å². The number of amides is 4. The molecule has 0 bridgehead atoms. The molecule has 5 heterocycles. The van der Waals surface area contributed by atoms with Crippen LogP contribution in [-0.4, -0.2) is 64.8 Å². The van der Waals surface area contributed by atoms with Crippen molar-refractivity contribution < 1.29 is 29.0 Å². The largest absolute Gasteiger partial charge is 0.508 e. The van der Waals surface area contributed by atoms with E-state index in [1.165, 1.54) is 9.80 Å². The third-order valence-electron chi connectivity index (χ3n) is 13.5. The Morgan fingerprint density at radius 3 is 2.36 bits per heavy atom. The van der Waals surface area contributed by atoms with Gasteiger partial charge in [0.1, 0.15) is 17.3 Å². The SMILES string of the molecule is Cc1cc(C2C3=CCC4C(=O)N(c5ccc(N6CCOCC6)cc5)C(=O)C4C3CC3C(=O)N(c4cc(-c5sc6ccc(Cl)cc6c5C)nn4C)C(=O)C32C)ccc1O. The fourth-order valence-electron chi connectivity index (χ4n) is 10.6. The molecule has 0 radical (unpaired) electrons. The van der Waals surface area contributed by atoms with Gasteiger partial charge in [-0.05, 0) is 110 Å². The van der Waals surface area contributed by atoms with Crippen LogP contribution in [0.15, 0.2) is 78.4 Å². The molecule has 58 heavy (non-hydrogen) atoms. The number of allylic oxidation sites excluding steroid dienone is 2.